The average Bonchev–Trinajstić information content (AvgIpc) is 2.65. The van der Waals surface area contributed by atoms with Gasteiger partial charge in [-0.05, 0) is 66.6 Å². The molecule has 0 radical (unpaired) electrons. The molecule has 1 saturated heterocycles. The number of rotatable bonds is 4. The van der Waals surface area contributed by atoms with Gasteiger partial charge in [0.25, 0.3) is 0 Å². The van der Waals surface area contributed by atoms with Crippen molar-refractivity contribution in [3.05, 3.63) is 11.4 Å². The molecule has 0 atom stereocenters. The van der Waals surface area contributed by atoms with Crippen molar-refractivity contribution in [2.24, 2.45) is 5.92 Å². The fraction of sp³-hybridized carbons (Fsp3) is 0.800. The van der Waals surface area contributed by atoms with E-state index in [0.29, 0.717) is 6.04 Å². The van der Waals surface area contributed by atoms with Crippen LogP contribution < -0.4 is 5.32 Å². The van der Waals surface area contributed by atoms with E-state index in [4.69, 9.17) is 0 Å². The van der Waals surface area contributed by atoms with Gasteiger partial charge in [0.15, 0.2) is 0 Å². The van der Waals surface area contributed by atoms with E-state index in [2.05, 4.69) is 54.7 Å². The summed E-state index contributed by atoms with van der Waals surface area (Å²) in [6.07, 6.45) is 2.61. The van der Waals surface area contributed by atoms with E-state index in [1.807, 2.05) is 0 Å². The molecule has 1 aromatic heterocycles. The highest BCUT2D eigenvalue weighted by molar-refractivity contribution is 5.52. The van der Waals surface area contributed by atoms with Gasteiger partial charge in [-0.25, -0.2) is 0 Å². The molecule has 0 aromatic carbocycles. The molecule has 1 aliphatic rings. The molecule has 0 amide bonds. The second kappa shape index (κ2) is 5.95. The van der Waals surface area contributed by atoms with E-state index < -0.39 is 0 Å². The van der Waals surface area contributed by atoms with Gasteiger partial charge in [0.05, 0.1) is 17.1 Å². The Hall–Kier alpha value is -1.03. The van der Waals surface area contributed by atoms with Crippen molar-refractivity contribution >= 4 is 5.69 Å². The summed E-state index contributed by atoms with van der Waals surface area (Å²) in [7, 11) is 2.21. The van der Waals surface area contributed by atoms with Crippen LogP contribution in [0, 0.1) is 19.8 Å². The Balaban J connectivity index is 1.96. The van der Waals surface area contributed by atoms with E-state index in [0.717, 1.165) is 18.2 Å². The molecule has 4 heteroatoms. The summed E-state index contributed by atoms with van der Waals surface area (Å²) in [5, 5.41) is 8.27. The summed E-state index contributed by atoms with van der Waals surface area (Å²) in [6.45, 7) is 12.2. The maximum atomic E-state index is 4.63. The minimum Gasteiger partial charge on any atom is -0.382 e. The maximum absolute atomic E-state index is 4.63. The predicted molar refractivity (Wildman–Crippen MR) is 80.8 cm³/mol. The van der Waals surface area contributed by atoms with E-state index in [-0.39, 0.29) is 0 Å². The molecule has 1 fully saturated rings. The van der Waals surface area contributed by atoms with Crippen molar-refractivity contribution in [2.45, 2.75) is 46.6 Å². The Bertz CT molecular complexity index is 414. The standard InChI is InChI=1S/C15H28N4/c1-11(2)19-13(4)15(12(3)17-19)16-10-14-6-8-18(5)9-7-14/h11,14,16H,6-10H2,1-5H3. The van der Waals surface area contributed by atoms with E-state index in [1.54, 1.807) is 0 Å². The lowest BCUT2D eigenvalue weighted by Crippen LogP contribution is -2.33. The van der Waals surface area contributed by atoms with Crippen LogP contribution in [0.15, 0.2) is 0 Å². The van der Waals surface area contributed by atoms with Gasteiger partial charge >= 0.3 is 0 Å². The third kappa shape index (κ3) is 3.30. The van der Waals surface area contributed by atoms with E-state index >= 15 is 0 Å². The third-order valence-corrected chi connectivity index (χ3v) is 4.22. The van der Waals surface area contributed by atoms with Gasteiger partial charge in [-0.15, -0.1) is 0 Å². The maximum Gasteiger partial charge on any atom is 0.0828 e. The molecule has 4 nitrogen and oxygen atoms in total. The summed E-state index contributed by atoms with van der Waals surface area (Å²) in [5.74, 6) is 0.803. The second-order valence-electron chi connectivity index (χ2n) is 6.21. The molecule has 0 unspecified atom stereocenters. The SMILES string of the molecule is Cc1nn(C(C)C)c(C)c1NCC1CCN(C)CC1. The summed E-state index contributed by atoms with van der Waals surface area (Å²) in [5.41, 5.74) is 3.63. The van der Waals surface area contributed by atoms with Crippen molar-refractivity contribution in [2.75, 3.05) is 32.0 Å². The molecule has 2 rings (SSSR count). The van der Waals surface area contributed by atoms with Crippen molar-refractivity contribution in [1.82, 2.24) is 14.7 Å². The number of aromatic nitrogens is 2. The van der Waals surface area contributed by atoms with Crippen LogP contribution in [0.25, 0.3) is 0 Å². The first kappa shape index (κ1) is 14.4. The Kier molecular flexibility index (Phi) is 4.50. The number of nitrogens with one attached hydrogen (secondary N) is 1. The molecule has 1 N–H and O–H groups in total. The molecule has 2 heterocycles. The molecule has 1 aromatic rings. The number of anilines is 1. The number of likely N-dealkylation sites (tertiary alicyclic amines) is 1. The zero-order valence-corrected chi connectivity index (χ0v) is 13.0. The smallest absolute Gasteiger partial charge is 0.0828 e. The monoisotopic (exact) mass is 264 g/mol. The molecule has 0 saturated carbocycles. The van der Waals surface area contributed by atoms with Gasteiger partial charge in [0, 0.05) is 12.6 Å². The lowest BCUT2D eigenvalue weighted by molar-refractivity contribution is 0.226. The Morgan fingerprint density at radius 1 is 1.26 bits per heavy atom. The molecule has 1 aliphatic heterocycles. The van der Waals surface area contributed by atoms with Crippen LogP contribution in [0.4, 0.5) is 5.69 Å². The van der Waals surface area contributed by atoms with Gasteiger partial charge in [0.1, 0.15) is 0 Å². The molecule has 0 bridgehead atoms. The Morgan fingerprint density at radius 2 is 1.89 bits per heavy atom. The highest BCUT2D eigenvalue weighted by Crippen LogP contribution is 2.24. The highest BCUT2D eigenvalue weighted by Gasteiger charge is 2.18. The topological polar surface area (TPSA) is 33.1 Å². The minimum atomic E-state index is 0.428. The number of aryl methyl sites for hydroxylation is 1. The average molecular weight is 264 g/mol. The fourth-order valence-corrected chi connectivity index (χ4v) is 2.93. The van der Waals surface area contributed by atoms with Crippen molar-refractivity contribution < 1.29 is 0 Å². The van der Waals surface area contributed by atoms with Crippen LogP contribution >= 0.6 is 0 Å². The minimum absolute atomic E-state index is 0.428. The van der Waals surface area contributed by atoms with Crippen molar-refractivity contribution in [1.29, 1.82) is 0 Å². The summed E-state index contributed by atoms with van der Waals surface area (Å²) >= 11 is 0. The largest absolute Gasteiger partial charge is 0.382 e. The highest BCUT2D eigenvalue weighted by atomic mass is 15.3. The van der Waals surface area contributed by atoms with Crippen molar-refractivity contribution in [3.63, 3.8) is 0 Å². The van der Waals surface area contributed by atoms with Gasteiger partial charge < -0.3 is 10.2 Å². The lowest BCUT2D eigenvalue weighted by Gasteiger charge is -2.29. The van der Waals surface area contributed by atoms with Crippen LogP contribution in [0.1, 0.15) is 44.1 Å². The first-order valence-corrected chi connectivity index (χ1v) is 7.47. The summed E-state index contributed by atoms with van der Waals surface area (Å²) in [4.78, 5) is 2.42. The van der Waals surface area contributed by atoms with Gasteiger partial charge in [0.2, 0.25) is 0 Å². The Labute approximate surface area is 117 Å². The van der Waals surface area contributed by atoms with Gasteiger partial charge in [-0.2, -0.15) is 5.10 Å². The summed E-state index contributed by atoms with van der Waals surface area (Å²) in [6, 6.07) is 0.428. The van der Waals surface area contributed by atoms with E-state index in [9.17, 15) is 0 Å². The molecule has 108 valence electrons. The number of hydrogen-bond acceptors (Lipinski definition) is 3. The normalized spacial score (nSPS) is 18.2. The Morgan fingerprint density at radius 3 is 2.42 bits per heavy atom. The molecular formula is C15H28N4. The van der Waals surface area contributed by atoms with Crippen LogP contribution in [0.3, 0.4) is 0 Å². The quantitative estimate of drug-likeness (QED) is 0.908. The molecular weight excluding hydrogens is 236 g/mol. The summed E-state index contributed by atoms with van der Waals surface area (Å²) < 4.78 is 2.12. The van der Waals surface area contributed by atoms with Crippen LogP contribution in [-0.4, -0.2) is 41.4 Å². The number of nitrogens with zero attached hydrogens (tertiary/aromatic N) is 3. The molecule has 0 aliphatic carbocycles. The van der Waals surface area contributed by atoms with Gasteiger partial charge in [-0.1, -0.05) is 0 Å². The van der Waals surface area contributed by atoms with E-state index in [1.165, 1.54) is 37.3 Å². The first-order chi connectivity index (χ1) is 8.99. The zero-order chi connectivity index (χ0) is 14.0. The number of hydrogen-bond donors (Lipinski definition) is 1. The van der Waals surface area contributed by atoms with Crippen LogP contribution in [0.5, 0.6) is 0 Å². The second-order valence-corrected chi connectivity index (χ2v) is 6.21. The molecule has 0 spiro atoms. The van der Waals surface area contributed by atoms with Crippen molar-refractivity contribution in [3.8, 4) is 0 Å². The number of piperidine rings is 1. The van der Waals surface area contributed by atoms with Gasteiger partial charge in [-0.3, -0.25) is 4.68 Å². The molecule has 19 heavy (non-hydrogen) atoms. The first-order valence-electron chi connectivity index (χ1n) is 7.47. The lowest BCUT2D eigenvalue weighted by atomic mass is 9.97. The zero-order valence-electron chi connectivity index (χ0n) is 13.0. The predicted octanol–water partition coefficient (Wildman–Crippen LogP) is 2.83. The van der Waals surface area contributed by atoms with Crippen LogP contribution in [0.2, 0.25) is 0 Å². The van der Waals surface area contributed by atoms with Crippen LogP contribution in [-0.2, 0) is 0 Å². The fourth-order valence-electron chi connectivity index (χ4n) is 2.93. The third-order valence-electron chi connectivity index (χ3n) is 4.22.